The Morgan fingerprint density at radius 3 is 2.55 bits per heavy atom. The van der Waals surface area contributed by atoms with Crippen molar-refractivity contribution in [2.45, 2.75) is 19.0 Å². The number of imide groups is 1. The number of rotatable bonds is 6. The van der Waals surface area contributed by atoms with Crippen LogP contribution in [0.15, 0.2) is 78.9 Å². The van der Waals surface area contributed by atoms with Crippen LogP contribution >= 0.6 is 0 Å². The first kappa shape index (κ1) is 20.8. The van der Waals surface area contributed by atoms with Crippen molar-refractivity contribution in [2.24, 2.45) is 0 Å². The molecule has 2 aliphatic rings. The molecule has 5 rings (SSSR count). The Labute approximate surface area is 192 Å². The molecule has 7 nitrogen and oxygen atoms in total. The van der Waals surface area contributed by atoms with Gasteiger partial charge in [0.05, 0.1) is 13.1 Å². The normalized spacial score (nSPS) is 15.9. The van der Waals surface area contributed by atoms with Crippen LogP contribution in [0.5, 0.6) is 0 Å². The summed E-state index contributed by atoms with van der Waals surface area (Å²) in [5.74, 6) is -0.392. The molecule has 4 amide bonds. The third kappa shape index (κ3) is 4.17. The number of urea groups is 1. The van der Waals surface area contributed by atoms with Crippen LogP contribution in [0.1, 0.15) is 22.7 Å². The Balaban J connectivity index is 1.40. The molecule has 1 saturated heterocycles. The molecule has 33 heavy (non-hydrogen) atoms. The second kappa shape index (κ2) is 8.78. The van der Waals surface area contributed by atoms with Crippen molar-refractivity contribution in [3.63, 3.8) is 0 Å². The first-order valence-electron chi connectivity index (χ1n) is 11.0. The molecule has 1 fully saturated rings. The van der Waals surface area contributed by atoms with Gasteiger partial charge in [-0.2, -0.15) is 0 Å². The Hall–Kier alpha value is -4.13. The van der Waals surface area contributed by atoms with E-state index in [1.165, 1.54) is 10.5 Å². The van der Waals surface area contributed by atoms with E-state index in [4.69, 9.17) is 0 Å². The lowest BCUT2D eigenvalue weighted by molar-refractivity contribution is -0.125. The molecule has 166 valence electrons. The third-order valence-corrected chi connectivity index (χ3v) is 6.07. The Kier molecular flexibility index (Phi) is 5.52. The number of benzene rings is 3. The molecular weight excluding hydrogens is 416 g/mol. The number of amides is 4. The Bertz CT molecular complexity index is 1190. The lowest BCUT2D eigenvalue weighted by Gasteiger charge is -2.30. The lowest BCUT2D eigenvalue weighted by atomic mass is 10.0. The number of fused-ring (bicyclic) bond motifs is 1. The number of para-hydroxylation sites is 1. The number of anilines is 2. The summed E-state index contributed by atoms with van der Waals surface area (Å²) in [5, 5.41) is 5.57. The van der Waals surface area contributed by atoms with Crippen LogP contribution in [0.3, 0.4) is 0 Å². The van der Waals surface area contributed by atoms with Crippen molar-refractivity contribution in [2.75, 3.05) is 23.3 Å². The van der Waals surface area contributed by atoms with E-state index in [1.54, 1.807) is 6.07 Å². The van der Waals surface area contributed by atoms with Crippen molar-refractivity contribution in [1.29, 1.82) is 0 Å². The van der Waals surface area contributed by atoms with Crippen LogP contribution in [0.4, 0.5) is 16.2 Å². The van der Waals surface area contributed by atoms with Gasteiger partial charge in [0, 0.05) is 17.9 Å². The largest absolute Gasteiger partial charge is 0.355 e. The number of hydrogen-bond acceptors (Lipinski definition) is 4. The smallest absolute Gasteiger partial charge is 0.324 e. The van der Waals surface area contributed by atoms with Gasteiger partial charge in [-0.25, -0.2) is 4.79 Å². The molecule has 0 spiro atoms. The zero-order valence-corrected chi connectivity index (χ0v) is 18.0. The number of nitrogens with one attached hydrogen (secondary N) is 2. The summed E-state index contributed by atoms with van der Waals surface area (Å²) in [6.45, 7) is 0.944. The van der Waals surface area contributed by atoms with Crippen molar-refractivity contribution >= 4 is 29.2 Å². The van der Waals surface area contributed by atoms with Gasteiger partial charge in [-0.3, -0.25) is 14.5 Å². The number of hydrogen-bond donors (Lipinski definition) is 2. The minimum Gasteiger partial charge on any atom is -0.355 e. The van der Waals surface area contributed by atoms with Crippen LogP contribution in [0, 0.1) is 0 Å². The van der Waals surface area contributed by atoms with E-state index >= 15 is 0 Å². The maximum Gasteiger partial charge on any atom is 0.324 e. The van der Waals surface area contributed by atoms with Crippen molar-refractivity contribution in [3.05, 3.63) is 95.6 Å². The molecule has 0 radical (unpaired) electrons. The van der Waals surface area contributed by atoms with Crippen molar-refractivity contribution in [1.82, 2.24) is 10.2 Å². The second-order valence-electron chi connectivity index (χ2n) is 8.21. The molecule has 3 aromatic carbocycles. The lowest BCUT2D eigenvalue weighted by Crippen LogP contribution is -2.36. The summed E-state index contributed by atoms with van der Waals surface area (Å²) in [4.78, 5) is 40.7. The molecule has 7 heteroatoms. The van der Waals surface area contributed by atoms with Crippen LogP contribution < -0.4 is 15.5 Å². The van der Waals surface area contributed by atoms with Gasteiger partial charge in [0.1, 0.15) is 6.04 Å². The molecule has 2 heterocycles. The second-order valence-corrected chi connectivity index (χ2v) is 8.21. The van der Waals surface area contributed by atoms with Gasteiger partial charge < -0.3 is 15.5 Å². The molecule has 1 unspecified atom stereocenters. The van der Waals surface area contributed by atoms with E-state index in [0.717, 1.165) is 29.8 Å². The average molecular weight is 441 g/mol. The summed E-state index contributed by atoms with van der Waals surface area (Å²) in [7, 11) is 0. The van der Waals surface area contributed by atoms with Gasteiger partial charge in [-0.1, -0.05) is 60.7 Å². The number of carbonyl (C=O) groups excluding carboxylic acids is 3. The molecule has 2 N–H and O–H groups in total. The van der Waals surface area contributed by atoms with Crippen molar-refractivity contribution < 1.29 is 14.4 Å². The van der Waals surface area contributed by atoms with E-state index in [-0.39, 0.29) is 24.9 Å². The highest BCUT2D eigenvalue weighted by Gasteiger charge is 2.32. The molecule has 0 saturated carbocycles. The summed E-state index contributed by atoms with van der Waals surface area (Å²) >= 11 is 0. The quantitative estimate of drug-likeness (QED) is 0.575. The number of carbonyl (C=O) groups is 3. The monoisotopic (exact) mass is 440 g/mol. The predicted octanol–water partition coefficient (Wildman–Crippen LogP) is 3.48. The van der Waals surface area contributed by atoms with Gasteiger partial charge in [0.2, 0.25) is 5.91 Å². The van der Waals surface area contributed by atoms with Gasteiger partial charge >= 0.3 is 6.03 Å². The van der Waals surface area contributed by atoms with Crippen LogP contribution in [-0.2, 0) is 22.6 Å². The highest BCUT2D eigenvalue weighted by molar-refractivity contribution is 6.02. The fourth-order valence-electron chi connectivity index (χ4n) is 4.50. The van der Waals surface area contributed by atoms with Gasteiger partial charge in [-0.05, 0) is 41.3 Å². The minimum atomic E-state index is -0.482. The maximum atomic E-state index is 13.6. The first-order chi connectivity index (χ1) is 16.1. The zero-order chi connectivity index (χ0) is 22.8. The topological polar surface area (TPSA) is 81.8 Å². The van der Waals surface area contributed by atoms with Gasteiger partial charge in [-0.15, -0.1) is 0 Å². The SMILES string of the molecule is O=C(Nc1cccc(CN2C(=O)CNC2=O)c1)C(c1ccccc1)N1CCc2ccccc21. The standard InChI is InChI=1S/C26H24N4O3/c31-23-16-27-26(33)30(23)17-18-7-6-11-21(15-18)28-25(32)24(20-9-2-1-3-10-20)29-14-13-19-8-4-5-12-22(19)29/h1-12,15,24H,13-14,16-17H2,(H,27,33)(H,28,32). The zero-order valence-electron chi connectivity index (χ0n) is 18.0. The molecule has 0 bridgehead atoms. The van der Waals surface area contributed by atoms with E-state index in [1.807, 2.05) is 60.7 Å². The van der Waals surface area contributed by atoms with E-state index < -0.39 is 12.1 Å². The van der Waals surface area contributed by atoms with E-state index in [2.05, 4.69) is 27.7 Å². The maximum absolute atomic E-state index is 13.6. The third-order valence-electron chi connectivity index (χ3n) is 6.07. The molecule has 1 atom stereocenters. The van der Waals surface area contributed by atoms with E-state index in [0.29, 0.717) is 5.69 Å². The molecule has 2 aliphatic heterocycles. The summed E-state index contributed by atoms with van der Waals surface area (Å²) < 4.78 is 0. The Morgan fingerprint density at radius 2 is 1.76 bits per heavy atom. The van der Waals surface area contributed by atoms with Gasteiger partial charge in [0.25, 0.3) is 5.91 Å². The fourth-order valence-corrected chi connectivity index (χ4v) is 4.50. The number of nitrogens with zero attached hydrogens (tertiary/aromatic N) is 2. The van der Waals surface area contributed by atoms with Crippen LogP contribution in [0.2, 0.25) is 0 Å². The van der Waals surface area contributed by atoms with E-state index in [9.17, 15) is 14.4 Å². The van der Waals surface area contributed by atoms with Crippen LogP contribution in [0.25, 0.3) is 0 Å². The molecular formula is C26H24N4O3. The highest BCUT2D eigenvalue weighted by atomic mass is 16.2. The fraction of sp³-hybridized carbons (Fsp3) is 0.192. The first-order valence-corrected chi connectivity index (χ1v) is 11.0. The summed E-state index contributed by atoms with van der Waals surface area (Å²) in [6, 6.07) is 24.3. The summed E-state index contributed by atoms with van der Waals surface area (Å²) in [6.07, 6.45) is 0.897. The minimum absolute atomic E-state index is 0.0192. The molecule has 3 aromatic rings. The summed E-state index contributed by atoms with van der Waals surface area (Å²) in [5.41, 5.74) is 4.62. The van der Waals surface area contributed by atoms with Gasteiger partial charge in [0.15, 0.2) is 0 Å². The predicted molar refractivity (Wildman–Crippen MR) is 126 cm³/mol. The van der Waals surface area contributed by atoms with Crippen LogP contribution in [-0.4, -0.2) is 35.8 Å². The molecule has 0 aromatic heterocycles. The average Bonchev–Trinajstić information content (AvgIpc) is 3.39. The Morgan fingerprint density at radius 1 is 0.970 bits per heavy atom. The van der Waals surface area contributed by atoms with Crippen molar-refractivity contribution in [3.8, 4) is 0 Å². The molecule has 0 aliphatic carbocycles. The highest BCUT2D eigenvalue weighted by Crippen LogP contribution is 2.35.